The monoisotopic (exact) mass is 347 g/mol. The van der Waals surface area contributed by atoms with Gasteiger partial charge in [-0.05, 0) is 49.5 Å². The van der Waals surface area contributed by atoms with Gasteiger partial charge in [0.2, 0.25) is 5.88 Å². The van der Waals surface area contributed by atoms with Crippen LogP contribution in [0.5, 0.6) is 17.4 Å². The highest BCUT2D eigenvalue weighted by molar-refractivity contribution is 7.80. The molecule has 0 unspecified atom stereocenters. The van der Waals surface area contributed by atoms with Gasteiger partial charge in [-0.3, -0.25) is 0 Å². The van der Waals surface area contributed by atoms with Gasteiger partial charge in [-0.2, -0.15) is 0 Å². The summed E-state index contributed by atoms with van der Waals surface area (Å²) < 4.78 is 15.8. The molecule has 7 heteroatoms. The first-order valence-corrected chi connectivity index (χ1v) is 7.86. The van der Waals surface area contributed by atoms with Crippen LogP contribution >= 0.6 is 12.2 Å². The Morgan fingerprint density at radius 2 is 1.79 bits per heavy atom. The van der Waals surface area contributed by atoms with E-state index in [9.17, 15) is 0 Å². The summed E-state index contributed by atoms with van der Waals surface area (Å²) in [6.45, 7) is 2.47. The third-order valence-corrected chi connectivity index (χ3v) is 3.36. The van der Waals surface area contributed by atoms with Crippen LogP contribution in [0.4, 0.5) is 5.69 Å². The normalized spacial score (nSPS) is 11.3. The fourth-order valence-electron chi connectivity index (χ4n) is 1.90. The minimum Gasteiger partial charge on any atom is -0.497 e. The average Bonchev–Trinajstić information content (AvgIpc) is 2.61. The standard InChI is InChI=1S/C17H21N3O3S/c1-12(11-23-15-7-5-14(21-2)6-8-15)19-17(24)20-13-4-9-16(22-3)18-10-13/h4-10,12H,11H2,1-3H3,(H2,19,20,24)/t12-/m0/s1. The van der Waals surface area contributed by atoms with E-state index < -0.39 is 0 Å². The molecule has 1 heterocycles. The predicted molar refractivity (Wildman–Crippen MR) is 98.1 cm³/mol. The number of anilines is 1. The summed E-state index contributed by atoms with van der Waals surface area (Å²) in [6, 6.07) is 11.1. The van der Waals surface area contributed by atoms with Crippen molar-refractivity contribution >= 4 is 23.0 Å². The second-order valence-electron chi connectivity index (χ2n) is 5.08. The molecule has 0 saturated carbocycles. The molecule has 6 nitrogen and oxygen atoms in total. The number of hydrogen-bond acceptors (Lipinski definition) is 5. The fraction of sp³-hybridized carbons (Fsp3) is 0.294. The Morgan fingerprint density at radius 3 is 2.38 bits per heavy atom. The summed E-state index contributed by atoms with van der Waals surface area (Å²) in [5, 5.41) is 6.74. The van der Waals surface area contributed by atoms with Gasteiger partial charge in [0.1, 0.15) is 18.1 Å². The second kappa shape index (κ2) is 8.93. The van der Waals surface area contributed by atoms with Crippen LogP contribution in [0.2, 0.25) is 0 Å². The Bertz CT molecular complexity index is 647. The van der Waals surface area contributed by atoms with Gasteiger partial charge in [0.05, 0.1) is 32.1 Å². The van der Waals surface area contributed by atoms with Gasteiger partial charge in [-0.1, -0.05) is 0 Å². The third-order valence-electron chi connectivity index (χ3n) is 3.14. The van der Waals surface area contributed by atoms with Crippen molar-refractivity contribution in [2.45, 2.75) is 13.0 Å². The number of ether oxygens (including phenoxy) is 3. The summed E-state index contributed by atoms with van der Waals surface area (Å²) in [4.78, 5) is 4.11. The topological polar surface area (TPSA) is 64.6 Å². The molecule has 2 aromatic rings. The zero-order chi connectivity index (χ0) is 17.4. The second-order valence-corrected chi connectivity index (χ2v) is 5.48. The SMILES string of the molecule is COc1ccc(OC[C@H](C)NC(=S)Nc2ccc(OC)nc2)cc1. The van der Waals surface area contributed by atoms with E-state index in [1.54, 1.807) is 26.5 Å². The van der Waals surface area contributed by atoms with Crippen LogP contribution in [0, 0.1) is 0 Å². The van der Waals surface area contributed by atoms with Gasteiger partial charge < -0.3 is 24.8 Å². The summed E-state index contributed by atoms with van der Waals surface area (Å²) in [5.41, 5.74) is 0.788. The van der Waals surface area contributed by atoms with E-state index in [1.165, 1.54) is 0 Å². The van der Waals surface area contributed by atoms with Crippen molar-refractivity contribution in [2.75, 3.05) is 26.1 Å². The van der Waals surface area contributed by atoms with Gasteiger partial charge in [-0.25, -0.2) is 4.98 Å². The van der Waals surface area contributed by atoms with E-state index in [2.05, 4.69) is 15.6 Å². The lowest BCUT2D eigenvalue weighted by Crippen LogP contribution is -2.39. The molecule has 0 aliphatic heterocycles. The molecule has 0 saturated heterocycles. The van der Waals surface area contributed by atoms with E-state index in [4.69, 9.17) is 26.4 Å². The molecule has 0 radical (unpaired) electrons. The largest absolute Gasteiger partial charge is 0.497 e. The lowest BCUT2D eigenvalue weighted by Gasteiger charge is -2.17. The molecule has 1 aromatic heterocycles. The molecule has 1 aromatic carbocycles. The van der Waals surface area contributed by atoms with E-state index in [0.29, 0.717) is 17.6 Å². The number of hydrogen-bond donors (Lipinski definition) is 2. The minimum absolute atomic E-state index is 0.0401. The number of pyridine rings is 1. The van der Waals surface area contributed by atoms with Gasteiger partial charge in [0.15, 0.2) is 5.11 Å². The summed E-state index contributed by atoms with van der Waals surface area (Å²) in [6.07, 6.45) is 1.66. The number of rotatable bonds is 7. The number of benzene rings is 1. The maximum atomic E-state index is 5.71. The minimum atomic E-state index is 0.0401. The molecule has 2 rings (SSSR count). The Labute approximate surface area is 147 Å². The van der Waals surface area contributed by atoms with Crippen LogP contribution in [0.15, 0.2) is 42.6 Å². The molecule has 0 fully saturated rings. The molecule has 0 amide bonds. The molecule has 0 spiro atoms. The van der Waals surface area contributed by atoms with Gasteiger partial charge in [0.25, 0.3) is 0 Å². The van der Waals surface area contributed by atoms with Crippen LogP contribution in [0.3, 0.4) is 0 Å². The van der Waals surface area contributed by atoms with Gasteiger partial charge in [-0.15, -0.1) is 0 Å². The first-order valence-electron chi connectivity index (χ1n) is 7.45. The van der Waals surface area contributed by atoms with E-state index >= 15 is 0 Å². The van der Waals surface area contributed by atoms with Crippen LogP contribution < -0.4 is 24.8 Å². The fourth-order valence-corrected chi connectivity index (χ4v) is 2.22. The lowest BCUT2D eigenvalue weighted by molar-refractivity contribution is 0.286. The molecule has 0 aliphatic carbocycles. The van der Waals surface area contributed by atoms with E-state index in [0.717, 1.165) is 17.2 Å². The summed E-state index contributed by atoms with van der Waals surface area (Å²) in [5.74, 6) is 2.13. The molecule has 2 N–H and O–H groups in total. The highest BCUT2D eigenvalue weighted by Crippen LogP contribution is 2.17. The van der Waals surface area contributed by atoms with Crippen molar-refractivity contribution in [3.63, 3.8) is 0 Å². The summed E-state index contributed by atoms with van der Waals surface area (Å²) >= 11 is 5.28. The van der Waals surface area contributed by atoms with Crippen LogP contribution in [0.25, 0.3) is 0 Å². The Kier molecular flexibility index (Phi) is 6.62. The molecular formula is C17H21N3O3S. The van der Waals surface area contributed by atoms with Crippen molar-refractivity contribution < 1.29 is 14.2 Å². The zero-order valence-electron chi connectivity index (χ0n) is 13.9. The number of methoxy groups -OCH3 is 2. The quantitative estimate of drug-likeness (QED) is 0.747. The smallest absolute Gasteiger partial charge is 0.213 e. The predicted octanol–water partition coefficient (Wildman–Crippen LogP) is 2.85. The molecule has 1 atom stereocenters. The maximum absolute atomic E-state index is 5.71. The lowest BCUT2D eigenvalue weighted by atomic mass is 10.3. The summed E-state index contributed by atoms with van der Waals surface area (Å²) in [7, 11) is 3.21. The first-order chi connectivity index (χ1) is 11.6. The Hall–Kier alpha value is -2.54. The van der Waals surface area contributed by atoms with Gasteiger partial charge in [0, 0.05) is 6.07 Å². The molecule has 0 bridgehead atoms. The number of aromatic nitrogens is 1. The maximum Gasteiger partial charge on any atom is 0.213 e. The first kappa shape index (κ1) is 17.8. The highest BCUT2D eigenvalue weighted by Gasteiger charge is 2.06. The van der Waals surface area contributed by atoms with Crippen molar-refractivity contribution in [3.05, 3.63) is 42.6 Å². The van der Waals surface area contributed by atoms with E-state index in [-0.39, 0.29) is 6.04 Å². The van der Waals surface area contributed by atoms with Crippen molar-refractivity contribution in [2.24, 2.45) is 0 Å². The molecule has 24 heavy (non-hydrogen) atoms. The highest BCUT2D eigenvalue weighted by atomic mass is 32.1. The van der Waals surface area contributed by atoms with Gasteiger partial charge >= 0.3 is 0 Å². The number of thiocarbonyl (C=S) groups is 1. The van der Waals surface area contributed by atoms with Crippen molar-refractivity contribution in [3.8, 4) is 17.4 Å². The van der Waals surface area contributed by atoms with Crippen molar-refractivity contribution in [1.29, 1.82) is 0 Å². The number of nitrogens with zero attached hydrogens (tertiary/aromatic N) is 1. The number of nitrogens with one attached hydrogen (secondary N) is 2. The van der Waals surface area contributed by atoms with Crippen LogP contribution in [-0.2, 0) is 0 Å². The van der Waals surface area contributed by atoms with Crippen molar-refractivity contribution in [1.82, 2.24) is 10.3 Å². The van der Waals surface area contributed by atoms with Crippen LogP contribution in [0.1, 0.15) is 6.92 Å². The van der Waals surface area contributed by atoms with E-state index in [1.807, 2.05) is 37.3 Å². The zero-order valence-corrected chi connectivity index (χ0v) is 14.7. The molecule has 128 valence electrons. The molecule has 0 aliphatic rings. The Morgan fingerprint density at radius 1 is 1.08 bits per heavy atom. The molecular weight excluding hydrogens is 326 g/mol. The van der Waals surface area contributed by atoms with Crippen LogP contribution in [-0.4, -0.2) is 37.0 Å². The third kappa shape index (κ3) is 5.58. The average molecular weight is 347 g/mol. The Balaban J connectivity index is 1.75.